The van der Waals surface area contributed by atoms with Crippen LogP contribution < -0.4 is 4.74 Å². The van der Waals surface area contributed by atoms with Crippen molar-refractivity contribution in [2.24, 2.45) is 0 Å². The molecule has 1 amide bonds. The number of carbonyl (C=O) groups is 1. The number of nitrogens with zero attached hydrogens (tertiary/aromatic N) is 1. The number of hydrogen-bond donors (Lipinski definition) is 0. The Balaban J connectivity index is 1.65. The first kappa shape index (κ1) is 13.7. The number of rotatable bonds is 4. The van der Waals surface area contributed by atoms with Crippen LogP contribution in [0.15, 0.2) is 24.3 Å². The van der Waals surface area contributed by atoms with Crippen molar-refractivity contribution in [2.75, 3.05) is 12.4 Å². The lowest BCUT2D eigenvalue weighted by Crippen LogP contribution is -2.44. The van der Waals surface area contributed by atoms with E-state index in [4.69, 9.17) is 16.3 Å². The van der Waals surface area contributed by atoms with E-state index in [0.717, 1.165) is 43.5 Å². The van der Waals surface area contributed by atoms with Gasteiger partial charge in [-0.2, -0.15) is 0 Å². The molecule has 0 spiro atoms. The monoisotopic (exact) mass is 293 g/mol. The third-order valence-corrected chi connectivity index (χ3v) is 4.52. The summed E-state index contributed by atoms with van der Waals surface area (Å²) < 4.78 is 5.82. The number of benzene rings is 1. The maximum Gasteiger partial charge on any atom is 0.264 e. The first-order valence-corrected chi connectivity index (χ1v) is 7.94. The molecule has 1 aromatic carbocycles. The van der Waals surface area contributed by atoms with Crippen LogP contribution in [0.3, 0.4) is 0 Å². The fourth-order valence-electron chi connectivity index (χ4n) is 3.24. The van der Waals surface area contributed by atoms with Gasteiger partial charge in [-0.1, -0.05) is 18.2 Å². The van der Waals surface area contributed by atoms with Gasteiger partial charge in [0.25, 0.3) is 5.91 Å². The molecule has 108 valence electrons. The molecule has 2 aliphatic heterocycles. The van der Waals surface area contributed by atoms with Crippen molar-refractivity contribution in [3.05, 3.63) is 29.8 Å². The maximum atomic E-state index is 12.7. The summed E-state index contributed by atoms with van der Waals surface area (Å²) in [6, 6.07) is 8.28. The second-order valence-corrected chi connectivity index (χ2v) is 5.96. The van der Waals surface area contributed by atoms with Crippen molar-refractivity contribution in [1.29, 1.82) is 0 Å². The van der Waals surface area contributed by atoms with Crippen LogP contribution in [0.5, 0.6) is 5.75 Å². The van der Waals surface area contributed by atoms with Crippen molar-refractivity contribution >= 4 is 17.5 Å². The van der Waals surface area contributed by atoms with Crippen LogP contribution in [0.4, 0.5) is 0 Å². The molecule has 1 aromatic rings. The van der Waals surface area contributed by atoms with Gasteiger partial charge in [-0.05, 0) is 37.3 Å². The predicted octanol–water partition coefficient (Wildman–Crippen LogP) is 3.00. The Morgan fingerprint density at radius 2 is 2.25 bits per heavy atom. The van der Waals surface area contributed by atoms with Gasteiger partial charge in [0.2, 0.25) is 0 Å². The number of fused-ring (bicyclic) bond motifs is 1. The summed E-state index contributed by atoms with van der Waals surface area (Å²) >= 11 is 5.77. The van der Waals surface area contributed by atoms with E-state index in [0.29, 0.717) is 18.3 Å². The van der Waals surface area contributed by atoms with Gasteiger partial charge < -0.3 is 9.64 Å². The highest BCUT2D eigenvalue weighted by molar-refractivity contribution is 6.17. The molecule has 1 saturated heterocycles. The van der Waals surface area contributed by atoms with Gasteiger partial charge in [-0.3, -0.25) is 4.79 Å². The molecular weight excluding hydrogens is 274 g/mol. The molecule has 2 unspecified atom stereocenters. The Bertz CT molecular complexity index is 466. The van der Waals surface area contributed by atoms with E-state index >= 15 is 0 Å². The standard InChI is InChI=1S/C16H20ClNO2/c17-9-3-6-13-7-4-10-18(13)16(19)15-11-12-5-1-2-8-14(12)20-15/h1-2,5,8,13,15H,3-4,6-7,9-11H2. The Labute approximate surface area is 124 Å². The van der Waals surface area contributed by atoms with Gasteiger partial charge in [0.15, 0.2) is 6.10 Å². The maximum absolute atomic E-state index is 12.7. The Morgan fingerprint density at radius 3 is 3.05 bits per heavy atom. The smallest absolute Gasteiger partial charge is 0.264 e. The lowest BCUT2D eigenvalue weighted by molar-refractivity contribution is -0.138. The predicted molar refractivity (Wildman–Crippen MR) is 79.3 cm³/mol. The van der Waals surface area contributed by atoms with Crippen molar-refractivity contribution in [1.82, 2.24) is 4.90 Å². The van der Waals surface area contributed by atoms with Gasteiger partial charge in [0.1, 0.15) is 5.75 Å². The SMILES string of the molecule is O=C(C1Cc2ccccc2O1)N1CCCC1CCCCl. The Kier molecular flexibility index (Phi) is 4.16. The van der Waals surface area contributed by atoms with Crippen LogP contribution in [0.2, 0.25) is 0 Å². The van der Waals surface area contributed by atoms with Gasteiger partial charge in [0, 0.05) is 24.9 Å². The summed E-state index contributed by atoms with van der Waals surface area (Å²) in [7, 11) is 0. The molecule has 3 nitrogen and oxygen atoms in total. The quantitative estimate of drug-likeness (QED) is 0.799. The van der Waals surface area contributed by atoms with Crippen LogP contribution in [-0.4, -0.2) is 35.4 Å². The van der Waals surface area contributed by atoms with Gasteiger partial charge in [-0.25, -0.2) is 0 Å². The molecule has 0 bridgehead atoms. The van der Waals surface area contributed by atoms with Gasteiger partial charge in [-0.15, -0.1) is 11.6 Å². The molecule has 0 saturated carbocycles. The summed E-state index contributed by atoms with van der Waals surface area (Å²) in [6.45, 7) is 0.863. The largest absolute Gasteiger partial charge is 0.480 e. The highest BCUT2D eigenvalue weighted by Gasteiger charge is 2.36. The number of ether oxygens (including phenoxy) is 1. The van der Waals surface area contributed by atoms with Gasteiger partial charge in [0.05, 0.1) is 0 Å². The second kappa shape index (κ2) is 6.04. The molecule has 20 heavy (non-hydrogen) atoms. The molecule has 2 aliphatic rings. The zero-order valence-corrected chi connectivity index (χ0v) is 12.3. The molecule has 2 heterocycles. The van der Waals surface area contributed by atoms with E-state index in [-0.39, 0.29) is 12.0 Å². The minimum Gasteiger partial charge on any atom is -0.480 e. The lowest BCUT2D eigenvalue weighted by atomic mass is 10.1. The van der Waals surface area contributed by atoms with Crippen molar-refractivity contribution in [3.8, 4) is 5.75 Å². The fraction of sp³-hybridized carbons (Fsp3) is 0.562. The van der Waals surface area contributed by atoms with E-state index in [2.05, 4.69) is 0 Å². The van der Waals surface area contributed by atoms with Crippen LogP contribution in [0.1, 0.15) is 31.2 Å². The van der Waals surface area contributed by atoms with Crippen molar-refractivity contribution in [2.45, 2.75) is 44.2 Å². The normalized spacial score (nSPS) is 24.6. The summed E-state index contributed by atoms with van der Waals surface area (Å²) in [5.41, 5.74) is 1.14. The zero-order valence-electron chi connectivity index (χ0n) is 11.6. The number of likely N-dealkylation sites (tertiary alicyclic amines) is 1. The molecule has 1 fully saturated rings. The number of carbonyl (C=O) groups excluding carboxylic acids is 1. The van der Waals surface area contributed by atoms with Gasteiger partial charge >= 0.3 is 0 Å². The number of alkyl halides is 1. The minimum absolute atomic E-state index is 0.151. The average Bonchev–Trinajstić information content (AvgIpc) is 3.10. The first-order valence-electron chi connectivity index (χ1n) is 7.40. The van der Waals surface area contributed by atoms with E-state index in [1.54, 1.807) is 0 Å². The Hall–Kier alpha value is -1.22. The summed E-state index contributed by atoms with van der Waals surface area (Å²) in [5.74, 6) is 1.69. The number of para-hydroxylation sites is 1. The third-order valence-electron chi connectivity index (χ3n) is 4.25. The molecule has 0 radical (unpaired) electrons. The number of halogens is 1. The highest BCUT2D eigenvalue weighted by atomic mass is 35.5. The summed E-state index contributed by atoms with van der Waals surface area (Å²) in [5, 5.41) is 0. The molecule has 0 aromatic heterocycles. The molecule has 3 rings (SSSR count). The summed E-state index contributed by atoms with van der Waals surface area (Å²) in [6.07, 6.45) is 4.55. The van der Waals surface area contributed by atoms with E-state index < -0.39 is 0 Å². The molecule has 4 heteroatoms. The molecule has 2 atom stereocenters. The topological polar surface area (TPSA) is 29.5 Å². The highest BCUT2D eigenvalue weighted by Crippen LogP contribution is 2.31. The zero-order chi connectivity index (χ0) is 13.9. The lowest BCUT2D eigenvalue weighted by Gasteiger charge is -2.27. The fourth-order valence-corrected chi connectivity index (χ4v) is 3.40. The number of hydrogen-bond acceptors (Lipinski definition) is 2. The summed E-state index contributed by atoms with van der Waals surface area (Å²) in [4.78, 5) is 14.7. The number of amides is 1. The minimum atomic E-state index is -0.330. The first-order chi connectivity index (χ1) is 9.79. The van der Waals surface area contributed by atoms with E-state index in [1.165, 1.54) is 0 Å². The molecule has 0 N–H and O–H groups in total. The third kappa shape index (κ3) is 2.64. The van der Waals surface area contributed by atoms with Crippen LogP contribution in [-0.2, 0) is 11.2 Å². The van der Waals surface area contributed by atoms with E-state index in [1.807, 2.05) is 29.2 Å². The second-order valence-electron chi connectivity index (χ2n) is 5.58. The van der Waals surface area contributed by atoms with Crippen LogP contribution in [0.25, 0.3) is 0 Å². The van der Waals surface area contributed by atoms with Crippen LogP contribution in [0, 0.1) is 0 Å². The van der Waals surface area contributed by atoms with E-state index in [9.17, 15) is 4.79 Å². The van der Waals surface area contributed by atoms with Crippen molar-refractivity contribution < 1.29 is 9.53 Å². The Morgan fingerprint density at radius 1 is 1.40 bits per heavy atom. The average molecular weight is 294 g/mol. The molecular formula is C16H20ClNO2. The molecule has 0 aliphatic carbocycles. The van der Waals surface area contributed by atoms with Crippen molar-refractivity contribution in [3.63, 3.8) is 0 Å². The van der Waals surface area contributed by atoms with Crippen LogP contribution >= 0.6 is 11.6 Å².